The Morgan fingerprint density at radius 1 is 1.09 bits per heavy atom. The number of halogens is 1. The molecular weight excluding hydrogens is 438 g/mol. The normalized spacial score (nSPS) is 18.9. The van der Waals surface area contributed by atoms with Gasteiger partial charge in [0.1, 0.15) is 12.2 Å². The van der Waals surface area contributed by atoms with Crippen molar-refractivity contribution >= 4 is 34.8 Å². The van der Waals surface area contributed by atoms with E-state index in [1.54, 1.807) is 12.1 Å². The summed E-state index contributed by atoms with van der Waals surface area (Å²) in [5, 5.41) is 12.8. The fraction of sp³-hybridized carbons (Fsp3) is 0.440. The van der Waals surface area contributed by atoms with Crippen molar-refractivity contribution in [3.05, 3.63) is 53.1 Å². The average molecular weight is 468 g/mol. The van der Waals surface area contributed by atoms with Gasteiger partial charge >= 0.3 is 6.09 Å². The zero-order valence-corrected chi connectivity index (χ0v) is 19.9. The number of hydrogen-bond donors (Lipinski definition) is 1. The van der Waals surface area contributed by atoms with Gasteiger partial charge in [-0.2, -0.15) is 5.26 Å². The standard InChI is InChI=1S/C25H30ClN5O2/c1-29(2)22-9-12-31(17-22)21-6-4-20(5-7-21)28-25(32)33-23-10-13-30(14-11-23)24-8-3-19(26)15-18(24)16-27/h3-8,15,22-23H,9-14,17H2,1-2H3,(H,28,32). The molecule has 8 heteroatoms. The molecule has 1 amide bonds. The predicted octanol–water partition coefficient (Wildman–Crippen LogP) is 4.57. The Kier molecular flexibility index (Phi) is 7.26. The van der Waals surface area contributed by atoms with E-state index in [4.69, 9.17) is 16.3 Å². The lowest BCUT2D eigenvalue weighted by Gasteiger charge is -2.33. The number of piperidine rings is 1. The highest BCUT2D eigenvalue weighted by Crippen LogP contribution is 2.28. The van der Waals surface area contributed by atoms with Crippen LogP contribution in [0.1, 0.15) is 24.8 Å². The zero-order valence-electron chi connectivity index (χ0n) is 19.1. The summed E-state index contributed by atoms with van der Waals surface area (Å²) in [6.45, 7) is 3.49. The second kappa shape index (κ2) is 10.3. The van der Waals surface area contributed by atoms with Gasteiger partial charge < -0.3 is 19.4 Å². The third-order valence-corrected chi connectivity index (χ3v) is 6.74. The number of carbonyl (C=O) groups excluding carboxylic acids is 1. The average Bonchev–Trinajstić information content (AvgIpc) is 3.31. The van der Waals surface area contributed by atoms with Crippen LogP contribution in [0.3, 0.4) is 0 Å². The van der Waals surface area contributed by atoms with Gasteiger partial charge in [-0.1, -0.05) is 11.6 Å². The number of anilines is 3. The number of nitriles is 1. The van der Waals surface area contributed by atoms with Crippen LogP contribution in [0.5, 0.6) is 0 Å². The Bertz CT molecular complexity index is 1010. The van der Waals surface area contributed by atoms with Gasteiger partial charge in [-0.25, -0.2) is 4.79 Å². The first-order chi connectivity index (χ1) is 15.9. The number of benzene rings is 2. The topological polar surface area (TPSA) is 71.8 Å². The van der Waals surface area contributed by atoms with E-state index in [0.717, 1.165) is 30.9 Å². The number of nitrogens with one attached hydrogen (secondary N) is 1. The maximum Gasteiger partial charge on any atom is 0.411 e. The van der Waals surface area contributed by atoms with E-state index in [2.05, 4.69) is 40.2 Å². The van der Waals surface area contributed by atoms with Crippen molar-refractivity contribution in [3.8, 4) is 6.07 Å². The number of amides is 1. The molecule has 0 radical (unpaired) electrons. The molecule has 2 aliphatic rings. The molecule has 0 aliphatic carbocycles. The lowest BCUT2D eigenvalue weighted by Crippen LogP contribution is -2.38. The Morgan fingerprint density at radius 3 is 2.42 bits per heavy atom. The summed E-state index contributed by atoms with van der Waals surface area (Å²) in [6, 6.07) is 16.1. The van der Waals surface area contributed by atoms with Gasteiger partial charge in [0.25, 0.3) is 0 Å². The first-order valence-corrected chi connectivity index (χ1v) is 11.7. The molecule has 7 nitrogen and oxygen atoms in total. The molecule has 1 N–H and O–H groups in total. The molecule has 0 bridgehead atoms. The van der Waals surface area contributed by atoms with Crippen LogP contribution in [-0.4, -0.2) is 63.4 Å². The number of nitrogens with zero attached hydrogens (tertiary/aromatic N) is 4. The number of rotatable bonds is 5. The molecular formula is C25H30ClN5O2. The number of hydrogen-bond acceptors (Lipinski definition) is 6. The van der Waals surface area contributed by atoms with Crippen LogP contribution in [-0.2, 0) is 4.74 Å². The summed E-state index contributed by atoms with van der Waals surface area (Å²) in [7, 11) is 4.25. The fourth-order valence-corrected chi connectivity index (χ4v) is 4.71. The van der Waals surface area contributed by atoms with Gasteiger partial charge in [-0.05, 0) is 63.0 Å². The van der Waals surface area contributed by atoms with Gasteiger partial charge in [-0.3, -0.25) is 5.32 Å². The molecule has 0 saturated carbocycles. The second-order valence-corrected chi connectivity index (χ2v) is 9.33. The Hall–Kier alpha value is -2.95. The van der Waals surface area contributed by atoms with Crippen molar-refractivity contribution in [1.82, 2.24) is 4.90 Å². The Balaban J connectivity index is 1.25. The van der Waals surface area contributed by atoms with E-state index < -0.39 is 6.09 Å². The van der Waals surface area contributed by atoms with Crippen molar-refractivity contribution < 1.29 is 9.53 Å². The lowest BCUT2D eigenvalue weighted by atomic mass is 10.1. The number of ether oxygens (including phenoxy) is 1. The number of carbonyl (C=O) groups is 1. The second-order valence-electron chi connectivity index (χ2n) is 8.89. The molecule has 2 saturated heterocycles. The van der Waals surface area contributed by atoms with Crippen LogP contribution in [0, 0.1) is 11.3 Å². The molecule has 2 fully saturated rings. The minimum atomic E-state index is -0.431. The third kappa shape index (κ3) is 5.70. The first-order valence-electron chi connectivity index (χ1n) is 11.4. The molecule has 0 spiro atoms. The molecule has 2 aromatic rings. The van der Waals surface area contributed by atoms with Gasteiger partial charge in [0, 0.05) is 61.5 Å². The van der Waals surface area contributed by atoms with E-state index in [1.807, 2.05) is 30.3 Å². The molecule has 4 rings (SSSR count). The van der Waals surface area contributed by atoms with E-state index in [-0.39, 0.29) is 6.10 Å². The van der Waals surface area contributed by atoms with Gasteiger partial charge in [0.2, 0.25) is 0 Å². The lowest BCUT2D eigenvalue weighted by molar-refractivity contribution is 0.0951. The SMILES string of the molecule is CN(C)C1CCN(c2ccc(NC(=O)OC3CCN(c4ccc(Cl)cc4C#N)CC3)cc2)C1. The summed E-state index contributed by atoms with van der Waals surface area (Å²) in [5.74, 6) is 0. The van der Waals surface area contributed by atoms with Gasteiger partial charge in [0.15, 0.2) is 0 Å². The van der Waals surface area contributed by atoms with Crippen LogP contribution in [0.25, 0.3) is 0 Å². The van der Waals surface area contributed by atoms with E-state index in [0.29, 0.717) is 42.6 Å². The molecule has 1 unspecified atom stereocenters. The highest BCUT2D eigenvalue weighted by atomic mass is 35.5. The Morgan fingerprint density at radius 2 is 1.79 bits per heavy atom. The molecule has 33 heavy (non-hydrogen) atoms. The summed E-state index contributed by atoms with van der Waals surface area (Å²) < 4.78 is 5.65. The monoisotopic (exact) mass is 467 g/mol. The summed E-state index contributed by atoms with van der Waals surface area (Å²) >= 11 is 6.00. The fourth-order valence-electron chi connectivity index (χ4n) is 4.54. The summed E-state index contributed by atoms with van der Waals surface area (Å²) in [4.78, 5) is 19.2. The third-order valence-electron chi connectivity index (χ3n) is 6.51. The van der Waals surface area contributed by atoms with Crippen molar-refractivity contribution in [2.75, 3.05) is 55.4 Å². The van der Waals surface area contributed by atoms with E-state index >= 15 is 0 Å². The molecule has 2 aliphatic heterocycles. The first kappa shape index (κ1) is 23.2. The quantitative estimate of drug-likeness (QED) is 0.694. The van der Waals surface area contributed by atoms with Crippen molar-refractivity contribution in [3.63, 3.8) is 0 Å². The molecule has 2 aromatic carbocycles. The largest absolute Gasteiger partial charge is 0.446 e. The molecule has 2 heterocycles. The van der Waals surface area contributed by atoms with Crippen molar-refractivity contribution in [2.45, 2.75) is 31.4 Å². The van der Waals surface area contributed by atoms with Gasteiger partial charge in [0.05, 0.1) is 11.3 Å². The van der Waals surface area contributed by atoms with E-state index in [1.165, 1.54) is 5.69 Å². The summed E-state index contributed by atoms with van der Waals surface area (Å²) in [6.07, 6.45) is 2.00. The van der Waals surface area contributed by atoms with Crippen molar-refractivity contribution in [1.29, 1.82) is 5.26 Å². The number of likely N-dealkylation sites (N-methyl/N-ethyl adjacent to an activating group) is 1. The maximum atomic E-state index is 12.4. The minimum absolute atomic E-state index is 0.147. The predicted molar refractivity (Wildman–Crippen MR) is 132 cm³/mol. The summed E-state index contributed by atoms with van der Waals surface area (Å²) in [5.41, 5.74) is 3.34. The van der Waals surface area contributed by atoms with Crippen LogP contribution in [0.15, 0.2) is 42.5 Å². The zero-order chi connectivity index (χ0) is 23.4. The van der Waals surface area contributed by atoms with Crippen LogP contribution in [0.2, 0.25) is 5.02 Å². The smallest absolute Gasteiger partial charge is 0.411 e. The molecule has 0 aromatic heterocycles. The van der Waals surface area contributed by atoms with Crippen LogP contribution < -0.4 is 15.1 Å². The molecule has 174 valence electrons. The highest BCUT2D eigenvalue weighted by molar-refractivity contribution is 6.30. The van der Waals surface area contributed by atoms with Crippen LogP contribution >= 0.6 is 11.6 Å². The van der Waals surface area contributed by atoms with Crippen molar-refractivity contribution in [2.24, 2.45) is 0 Å². The van der Waals surface area contributed by atoms with Crippen LogP contribution in [0.4, 0.5) is 21.9 Å². The van der Waals surface area contributed by atoms with E-state index in [9.17, 15) is 10.1 Å². The highest BCUT2D eigenvalue weighted by Gasteiger charge is 2.25. The van der Waals surface area contributed by atoms with Gasteiger partial charge in [-0.15, -0.1) is 0 Å². The maximum absolute atomic E-state index is 12.4. The Labute approximate surface area is 200 Å². The molecule has 1 atom stereocenters. The minimum Gasteiger partial charge on any atom is -0.446 e.